The number of phenols is 1. The van der Waals surface area contributed by atoms with E-state index in [4.69, 9.17) is 13.8 Å². The van der Waals surface area contributed by atoms with Crippen LogP contribution in [0.1, 0.15) is 22.8 Å². The number of nitrogens with zero attached hydrogens (tertiary/aromatic N) is 3. The highest BCUT2D eigenvalue weighted by Gasteiger charge is 2.22. The maximum Gasteiger partial charge on any atom is 0.263 e. The monoisotopic (exact) mass is 528 g/mol. The van der Waals surface area contributed by atoms with Gasteiger partial charge in [0, 0.05) is 6.54 Å². The molecule has 4 rings (SSSR count). The van der Waals surface area contributed by atoms with Gasteiger partial charge < -0.3 is 29.3 Å². The number of hydrogen-bond donors (Lipinski definition) is 3. The van der Waals surface area contributed by atoms with E-state index >= 15 is 0 Å². The topological polar surface area (TPSA) is 161 Å². The maximum absolute atomic E-state index is 12.8. The Balaban J connectivity index is 1.23. The Morgan fingerprint density at radius 3 is 2.43 bits per heavy atom. The third-order valence-corrected chi connectivity index (χ3v) is 7.20. The molecule has 0 unspecified atom stereocenters. The Hall–Kier alpha value is -3.74. The summed E-state index contributed by atoms with van der Waals surface area (Å²) >= 11 is 0. The van der Waals surface area contributed by atoms with Crippen molar-refractivity contribution < 1.29 is 32.4 Å². The summed E-state index contributed by atoms with van der Waals surface area (Å²) < 4.78 is 41.5. The van der Waals surface area contributed by atoms with Crippen LogP contribution in [-0.2, 0) is 22.0 Å². The van der Waals surface area contributed by atoms with Crippen molar-refractivity contribution in [1.82, 2.24) is 20.6 Å². The van der Waals surface area contributed by atoms with Crippen molar-refractivity contribution in [1.29, 1.82) is 0 Å². The molecule has 1 atom stereocenters. The van der Waals surface area contributed by atoms with E-state index in [-0.39, 0.29) is 29.0 Å². The van der Waals surface area contributed by atoms with Gasteiger partial charge in [-0.05, 0) is 68.8 Å². The van der Waals surface area contributed by atoms with Crippen LogP contribution in [0.15, 0.2) is 62.5 Å². The normalized spacial score (nSPS) is 12.5. The van der Waals surface area contributed by atoms with Crippen LogP contribution in [0.5, 0.6) is 11.5 Å². The molecule has 4 aromatic rings. The Bertz CT molecular complexity index is 1390. The van der Waals surface area contributed by atoms with Gasteiger partial charge in [-0.3, -0.25) is 0 Å². The maximum atomic E-state index is 12.8. The number of ether oxygens (including phenoxy) is 1. The highest BCUT2D eigenvalue weighted by atomic mass is 32.2. The second kappa shape index (κ2) is 11.5. The zero-order valence-corrected chi connectivity index (χ0v) is 21.2. The van der Waals surface area contributed by atoms with Crippen LogP contribution in [0.2, 0.25) is 0 Å². The molecule has 0 fully saturated rings. The molecule has 2 aromatic carbocycles. The largest absolute Gasteiger partial charge is 0.508 e. The second-order valence-electron chi connectivity index (χ2n) is 8.53. The molecule has 2 aromatic heterocycles. The molecule has 11 nitrogen and oxygen atoms in total. The van der Waals surface area contributed by atoms with Gasteiger partial charge in [-0.15, -0.1) is 0 Å². The minimum Gasteiger partial charge on any atom is -0.508 e. The number of aromatic hydroxyl groups is 1. The standard InChI is InChI=1S/C25H28N4O7S/c1-16-24(17(2)35-28-16)25-27-23(29-36-25)15-37(32,33)22-9-3-18(4-10-22)11-12-26-13-20(31)14-34-21-7-5-19(30)6-8-21/h3-10,20,26,30-31H,11-15H2,1-2H3/t20-/m1/s1. The molecule has 0 radical (unpaired) electrons. The molecular formula is C25H28N4O7S. The molecule has 0 spiro atoms. The van der Waals surface area contributed by atoms with E-state index < -0.39 is 21.7 Å². The van der Waals surface area contributed by atoms with Crippen LogP contribution in [0, 0.1) is 13.8 Å². The highest BCUT2D eigenvalue weighted by molar-refractivity contribution is 7.90. The Morgan fingerprint density at radius 2 is 1.76 bits per heavy atom. The third-order valence-electron chi connectivity index (χ3n) is 5.57. The SMILES string of the molecule is Cc1noc(C)c1-c1nc(CS(=O)(=O)c2ccc(CCNC[C@@H](O)COc3ccc(O)cc3)cc2)no1. The van der Waals surface area contributed by atoms with Gasteiger partial charge in [-0.1, -0.05) is 22.4 Å². The average molecular weight is 529 g/mol. The van der Waals surface area contributed by atoms with Crippen molar-refractivity contribution in [3.63, 3.8) is 0 Å². The number of hydrogen-bond acceptors (Lipinski definition) is 11. The number of aryl methyl sites for hydroxylation is 2. The predicted molar refractivity (Wildman–Crippen MR) is 133 cm³/mol. The van der Waals surface area contributed by atoms with Gasteiger partial charge in [0.15, 0.2) is 15.7 Å². The van der Waals surface area contributed by atoms with Crippen molar-refractivity contribution in [2.24, 2.45) is 0 Å². The predicted octanol–water partition coefficient (Wildman–Crippen LogP) is 2.59. The van der Waals surface area contributed by atoms with E-state index in [2.05, 4.69) is 20.6 Å². The molecule has 2 heterocycles. The fourth-order valence-corrected chi connectivity index (χ4v) is 4.79. The summed E-state index contributed by atoms with van der Waals surface area (Å²) in [6, 6.07) is 12.9. The van der Waals surface area contributed by atoms with E-state index in [9.17, 15) is 18.6 Å². The van der Waals surface area contributed by atoms with Gasteiger partial charge in [0.2, 0.25) is 0 Å². The number of nitrogens with one attached hydrogen (secondary N) is 1. The summed E-state index contributed by atoms with van der Waals surface area (Å²) in [5.74, 6) is 1.04. The molecule has 196 valence electrons. The molecule has 0 bridgehead atoms. The van der Waals surface area contributed by atoms with Gasteiger partial charge in [0.1, 0.15) is 41.3 Å². The number of aliphatic hydroxyl groups is 1. The smallest absolute Gasteiger partial charge is 0.263 e. The minimum absolute atomic E-state index is 0.0521. The van der Waals surface area contributed by atoms with Crippen molar-refractivity contribution in [3.05, 3.63) is 71.4 Å². The zero-order valence-electron chi connectivity index (χ0n) is 20.4. The number of phenolic OH excluding ortho intramolecular Hbond substituents is 1. The molecule has 0 aliphatic heterocycles. The first-order valence-corrected chi connectivity index (χ1v) is 13.2. The summed E-state index contributed by atoms with van der Waals surface area (Å²) in [6.07, 6.45) is -0.0538. The van der Waals surface area contributed by atoms with E-state index in [1.54, 1.807) is 50.2 Å². The molecule has 3 N–H and O–H groups in total. The number of rotatable bonds is 12. The minimum atomic E-state index is -3.67. The van der Waals surface area contributed by atoms with Gasteiger partial charge in [0.05, 0.1) is 10.6 Å². The van der Waals surface area contributed by atoms with Crippen LogP contribution < -0.4 is 10.1 Å². The summed E-state index contributed by atoms with van der Waals surface area (Å²) in [7, 11) is -3.67. The van der Waals surface area contributed by atoms with E-state index in [1.165, 1.54) is 12.1 Å². The molecule has 0 aliphatic carbocycles. The number of aromatic nitrogens is 3. The van der Waals surface area contributed by atoms with Gasteiger partial charge in [-0.2, -0.15) is 4.98 Å². The van der Waals surface area contributed by atoms with E-state index in [0.29, 0.717) is 42.3 Å². The lowest BCUT2D eigenvalue weighted by Gasteiger charge is -2.13. The first kappa shape index (κ1) is 26.3. The van der Waals surface area contributed by atoms with Crippen LogP contribution in [0.3, 0.4) is 0 Å². The molecule has 0 amide bonds. The summed E-state index contributed by atoms with van der Waals surface area (Å²) in [6.45, 7) is 4.49. The lowest BCUT2D eigenvalue weighted by Crippen LogP contribution is -2.32. The first-order chi connectivity index (χ1) is 17.7. The highest BCUT2D eigenvalue weighted by Crippen LogP contribution is 2.26. The first-order valence-electron chi connectivity index (χ1n) is 11.6. The number of aliphatic hydroxyl groups excluding tert-OH is 1. The van der Waals surface area contributed by atoms with Crippen LogP contribution >= 0.6 is 0 Å². The molecule has 12 heteroatoms. The molecule has 0 saturated carbocycles. The lowest BCUT2D eigenvalue weighted by molar-refractivity contribution is 0.106. The van der Waals surface area contributed by atoms with Crippen LogP contribution in [-0.4, -0.2) is 59.7 Å². The Labute approximate surface area is 214 Å². The third kappa shape index (κ3) is 6.94. The summed E-state index contributed by atoms with van der Waals surface area (Å²) in [5, 5.41) is 30.1. The average Bonchev–Trinajstić information content (AvgIpc) is 3.46. The number of benzene rings is 2. The fraction of sp³-hybridized carbons (Fsp3) is 0.320. The van der Waals surface area contributed by atoms with E-state index in [1.807, 2.05) is 0 Å². The van der Waals surface area contributed by atoms with Crippen molar-refractivity contribution in [2.45, 2.75) is 37.0 Å². The number of sulfone groups is 1. The molecular weight excluding hydrogens is 500 g/mol. The van der Waals surface area contributed by atoms with Gasteiger partial charge in [-0.25, -0.2) is 8.42 Å². The summed E-state index contributed by atoms with van der Waals surface area (Å²) in [4.78, 5) is 4.36. The van der Waals surface area contributed by atoms with Crippen molar-refractivity contribution in [3.8, 4) is 23.0 Å². The molecule has 0 saturated heterocycles. The Kier molecular flexibility index (Phi) is 8.21. The lowest BCUT2D eigenvalue weighted by atomic mass is 10.1. The van der Waals surface area contributed by atoms with E-state index in [0.717, 1.165) is 5.56 Å². The van der Waals surface area contributed by atoms with Gasteiger partial charge in [0.25, 0.3) is 5.89 Å². The zero-order chi connectivity index (χ0) is 26.4. The molecule has 0 aliphatic rings. The second-order valence-corrected chi connectivity index (χ2v) is 10.5. The fourth-order valence-electron chi connectivity index (χ4n) is 3.61. The van der Waals surface area contributed by atoms with Crippen LogP contribution in [0.4, 0.5) is 0 Å². The Morgan fingerprint density at radius 1 is 1.03 bits per heavy atom. The van der Waals surface area contributed by atoms with Crippen molar-refractivity contribution >= 4 is 9.84 Å². The molecule has 37 heavy (non-hydrogen) atoms. The van der Waals surface area contributed by atoms with Crippen molar-refractivity contribution in [2.75, 3.05) is 19.7 Å². The van der Waals surface area contributed by atoms with Gasteiger partial charge >= 0.3 is 0 Å². The summed E-state index contributed by atoms with van der Waals surface area (Å²) in [5.41, 5.74) is 2.09. The quantitative estimate of drug-likeness (QED) is 0.232. The van der Waals surface area contributed by atoms with Crippen LogP contribution in [0.25, 0.3) is 11.5 Å².